The zero-order chi connectivity index (χ0) is 14.3. The fourth-order valence-corrected chi connectivity index (χ4v) is 2.22. The predicted octanol–water partition coefficient (Wildman–Crippen LogP) is 1.78. The third kappa shape index (κ3) is 1.98. The van der Waals surface area contributed by atoms with Gasteiger partial charge in [-0.05, 0) is 29.8 Å². The Balaban J connectivity index is 2.03. The van der Waals surface area contributed by atoms with E-state index in [1.807, 2.05) is 0 Å². The van der Waals surface area contributed by atoms with Crippen LogP contribution in [0, 0.1) is 0 Å². The zero-order valence-corrected chi connectivity index (χ0v) is 10.4. The van der Waals surface area contributed by atoms with Crippen LogP contribution in [0.2, 0.25) is 0 Å². The van der Waals surface area contributed by atoms with Crippen LogP contribution in [0.25, 0.3) is 0 Å². The molecule has 0 saturated carbocycles. The molecule has 0 saturated heterocycles. The molecule has 0 bridgehead atoms. The van der Waals surface area contributed by atoms with Crippen LogP contribution >= 0.6 is 0 Å². The van der Waals surface area contributed by atoms with Gasteiger partial charge in [-0.25, -0.2) is 0 Å². The smallest absolute Gasteiger partial charge is 0.199 e. The maximum absolute atomic E-state index is 12.1. The first-order valence-electron chi connectivity index (χ1n) is 6.07. The predicted molar refractivity (Wildman–Crippen MR) is 69.9 cm³/mol. The number of aliphatic hydroxyl groups excluding tert-OH is 1. The summed E-state index contributed by atoms with van der Waals surface area (Å²) in [5, 5.41) is 28.8. The number of aromatic hydroxyl groups is 2. The van der Waals surface area contributed by atoms with Gasteiger partial charge in [-0.3, -0.25) is 4.79 Å². The summed E-state index contributed by atoms with van der Waals surface area (Å²) < 4.78 is 5.61. The fraction of sp³-hybridized carbons (Fsp3) is 0.133. The molecular formula is C15H12O5. The van der Waals surface area contributed by atoms with Crippen LogP contribution in [0.15, 0.2) is 42.5 Å². The van der Waals surface area contributed by atoms with Crippen molar-refractivity contribution in [2.24, 2.45) is 0 Å². The molecule has 0 spiro atoms. The second-order valence-electron chi connectivity index (χ2n) is 4.62. The van der Waals surface area contributed by atoms with E-state index in [0.717, 1.165) is 0 Å². The number of phenolic OH excluding ortho intramolecular Hbond substituents is 2. The van der Waals surface area contributed by atoms with Crippen molar-refractivity contribution in [2.75, 3.05) is 0 Å². The molecule has 102 valence electrons. The summed E-state index contributed by atoms with van der Waals surface area (Å²) in [5.41, 5.74) is 0.808. The van der Waals surface area contributed by atoms with Gasteiger partial charge in [-0.1, -0.05) is 12.1 Å². The standard InChI is InChI=1S/C15H12O5/c16-9-3-1-8(2-4-9)15-14(19)13(18)11-6-5-10(17)7-12(11)20-15/h1-7,14-17,19H/t14-,15+/m1/s1. The summed E-state index contributed by atoms with van der Waals surface area (Å²) in [4.78, 5) is 12.1. The van der Waals surface area contributed by atoms with Crippen LogP contribution in [0.3, 0.4) is 0 Å². The molecule has 1 aliphatic rings. The Labute approximate surface area is 114 Å². The molecule has 0 aliphatic carbocycles. The van der Waals surface area contributed by atoms with Crippen molar-refractivity contribution < 1.29 is 24.9 Å². The molecule has 5 heteroatoms. The molecule has 2 aromatic carbocycles. The highest BCUT2D eigenvalue weighted by molar-refractivity contribution is 6.03. The van der Waals surface area contributed by atoms with Crippen molar-refractivity contribution in [3.8, 4) is 17.2 Å². The lowest BCUT2D eigenvalue weighted by Crippen LogP contribution is -2.36. The van der Waals surface area contributed by atoms with E-state index in [2.05, 4.69) is 0 Å². The number of ketones is 1. The van der Waals surface area contributed by atoms with Crippen LogP contribution < -0.4 is 4.74 Å². The minimum atomic E-state index is -1.32. The normalized spacial score (nSPS) is 21.1. The van der Waals surface area contributed by atoms with Gasteiger partial charge in [0, 0.05) is 6.07 Å². The van der Waals surface area contributed by atoms with Crippen LogP contribution in [-0.4, -0.2) is 27.2 Å². The zero-order valence-electron chi connectivity index (χ0n) is 10.4. The maximum Gasteiger partial charge on any atom is 0.199 e. The molecule has 0 amide bonds. The molecule has 2 aromatic rings. The van der Waals surface area contributed by atoms with E-state index in [1.54, 1.807) is 12.1 Å². The van der Waals surface area contributed by atoms with Gasteiger partial charge in [0.15, 0.2) is 18.0 Å². The number of ether oxygens (including phenoxy) is 1. The third-order valence-corrected chi connectivity index (χ3v) is 3.26. The molecule has 20 heavy (non-hydrogen) atoms. The van der Waals surface area contributed by atoms with Crippen molar-refractivity contribution in [2.45, 2.75) is 12.2 Å². The van der Waals surface area contributed by atoms with Crippen LogP contribution in [0.5, 0.6) is 17.2 Å². The summed E-state index contributed by atoms with van der Waals surface area (Å²) in [5.74, 6) is -0.150. The molecule has 0 unspecified atom stereocenters. The lowest BCUT2D eigenvalue weighted by atomic mass is 9.93. The fourth-order valence-electron chi connectivity index (χ4n) is 2.22. The Hall–Kier alpha value is -2.53. The molecule has 0 aromatic heterocycles. The SMILES string of the molecule is O=C1c2ccc(O)cc2O[C@@H](c2ccc(O)cc2)[C@@H]1O. The van der Waals surface area contributed by atoms with Crippen molar-refractivity contribution in [3.05, 3.63) is 53.6 Å². The second kappa shape index (κ2) is 4.54. The van der Waals surface area contributed by atoms with Crippen molar-refractivity contribution in [1.82, 2.24) is 0 Å². The number of benzene rings is 2. The van der Waals surface area contributed by atoms with Gasteiger partial charge in [-0.2, -0.15) is 0 Å². The molecular weight excluding hydrogens is 260 g/mol. The van der Waals surface area contributed by atoms with Crippen molar-refractivity contribution in [1.29, 1.82) is 0 Å². The van der Waals surface area contributed by atoms with E-state index in [-0.39, 0.29) is 22.8 Å². The Morgan fingerprint density at radius 1 is 0.950 bits per heavy atom. The van der Waals surface area contributed by atoms with Gasteiger partial charge in [0.05, 0.1) is 5.56 Å². The largest absolute Gasteiger partial charge is 0.508 e. The molecule has 5 nitrogen and oxygen atoms in total. The van der Waals surface area contributed by atoms with Gasteiger partial charge < -0.3 is 20.1 Å². The Morgan fingerprint density at radius 3 is 2.30 bits per heavy atom. The van der Waals surface area contributed by atoms with E-state index in [4.69, 9.17) is 4.74 Å². The summed E-state index contributed by atoms with van der Waals surface area (Å²) >= 11 is 0. The molecule has 3 rings (SSSR count). The Morgan fingerprint density at radius 2 is 1.60 bits per heavy atom. The molecule has 1 heterocycles. The van der Waals surface area contributed by atoms with Gasteiger partial charge >= 0.3 is 0 Å². The highest BCUT2D eigenvalue weighted by Crippen LogP contribution is 2.37. The van der Waals surface area contributed by atoms with Crippen molar-refractivity contribution in [3.63, 3.8) is 0 Å². The summed E-state index contributed by atoms with van der Waals surface area (Å²) in [7, 11) is 0. The molecule has 0 radical (unpaired) electrons. The number of aliphatic hydroxyl groups is 1. The number of hydrogen-bond acceptors (Lipinski definition) is 5. The number of rotatable bonds is 1. The van der Waals surface area contributed by atoms with Gasteiger partial charge in [0.2, 0.25) is 0 Å². The van der Waals surface area contributed by atoms with Gasteiger partial charge in [0.1, 0.15) is 17.2 Å². The number of fused-ring (bicyclic) bond motifs is 1. The Bertz CT molecular complexity index is 662. The lowest BCUT2D eigenvalue weighted by molar-refractivity contribution is 0.0215. The highest BCUT2D eigenvalue weighted by Gasteiger charge is 2.36. The van der Waals surface area contributed by atoms with Gasteiger partial charge in [0.25, 0.3) is 0 Å². The topological polar surface area (TPSA) is 87.0 Å². The second-order valence-corrected chi connectivity index (χ2v) is 4.62. The quantitative estimate of drug-likeness (QED) is 0.736. The van der Waals surface area contributed by atoms with Gasteiger partial charge in [-0.15, -0.1) is 0 Å². The molecule has 1 aliphatic heterocycles. The average Bonchev–Trinajstić information content (AvgIpc) is 2.44. The first-order valence-corrected chi connectivity index (χ1v) is 6.07. The van der Waals surface area contributed by atoms with Crippen molar-refractivity contribution >= 4 is 5.78 Å². The van der Waals surface area contributed by atoms with Crippen LogP contribution in [0.4, 0.5) is 0 Å². The third-order valence-electron chi connectivity index (χ3n) is 3.26. The summed E-state index contributed by atoms with van der Waals surface area (Å²) in [6.07, 6.45) is -2.19. The monoisotopic (exact) mass is 272 g/mol. The first kappa shape index (κ1) is 12.5. The van der Waals surface area contributed by atoms with E-state index in [1.165, 1.54) is 30.3 Å². The van der Waals surface area contributed by atoms with Crippen LogP contribution in [0.1, 0.15) is 22.0 Å². The summed E-state index contributed by atoms with van der Waals surface area (Å²) in [6.45, 7) is 0. The number of hydrogen-bond donors (Lipinski definition) is 3. The highest BCUT2D eigenvalue weighted by atomic mass is 16.5. The number of carbonyl (C=O) groups excluding carboxylic acids is 1. The number of phenols is 2. The maximum atomic E-state index is 12.1. The summed E-state index contributed by atoms with van der Waals surface area (Å²) in [6, 6.07) is 10.2. The molecule has 2 atom stereocenters. The average molecular weight is 272 g/mol. The van der Waals surface area contributed by atoms with E-state index in [0.29, 0.717) is 5.56 Å². The minimum absolute atomic E-state index is 0.0163. The minimum Gasteiger partial charge on any atom is -0.508 e. The van der Waals surface area contributed by atoms with E-state index in [9.17, 15) is 20.1 Å². The van der Waals surface area contributed by atoms with E-state index >= 15 is 0 Å². The molecule has 3 N–H and O–H groups in total. The first-order chi connectivity index (χ1) is 9.56. The Kier molecular flexibility index (Phi) is 2.84. The van der Waals surface area contributed by atoms with Crippen LogP contribution in [-0.2, 0) is 0 Å². The number of carbonyl (C=O) groups is 1. The molecule has 0 fully saturated rings. The van der Waals surface area contributed by atoms with E-state index < -0.39 is 18.0 Å². The number of Topliss-reactive ketones (excluding diaryl/α,β-unsaturated/α-hetero) is 1. The lowest BCUT2D eigenvalue weighted by Gasteiger charge is -2.29.